The monoisotopic (exact) mass is 183 g/mol. The van der Waals surface area contributed by atoms with E-state index in [1.54, 1.807) is 12.1 Å². The Labute approximate surface area is 77.5 Å². The summed E-state index contributed by atoms with van der Waals surface area (Å²) in [6.07, 6.45) is 0.153. The molecular formula is C10H14FNO. The van der Waals surface area contributed by atoms with E-state index in [0.29, 0.717) is 6.61 Å². The number of nitrogens with two attached hydrogens (primary N) is 1. The number of nitrogen functional groups attached to an aromatic ring is 1. The van der Waals surface area contributed by atoms with Gasteiger partial charge in [0.1, 0.15) is 5.82 Å². The smallest absolute Gasteiger partial charge is 0.146 e. The molecule has 0 saturated carbocycles. The average molecular weight is 183 g/mol. The summed E-state index contributed by atoms with van der Waals surface area (Å²) in [6.45, 7) is 4.30. The molecule has 0 saturated heterocycles. The molecule has 0 unspecified atom stereocenters. The molecule has 2 nitrogen and oxygen atoms in total. The Balaban J connectivity index is 2.63. The van der Waals surface area contributed by atoms with E-state index in [4.69, 9.17) is 10.5 Å². The first-order valence-electron chi connectivity index (χ1n) is 4.25. The van der Waals surface area contributed by atoms with Crippen LogP contribution in [0, 0.1) is 5.82 Å². The predicted octanol–water partition coefficient (Wildman–Crippen LogP) is 2.33. The van der Waals surface area contributed by atoms with Crippen molar-refractivity contribution in [2.75, 3.05) is 5.73 Å². The molecule has 1 aromatic rings. The maximum Gasteiger partial charge on any atom is 0.146 e. The van der Waals surface area contributed by atoms with Crippen molar-refractivity contribution in [3.8, 4) is 0 Å². The normalized spacial score (nSPS) is 10.8. The zero-order valence-electron chi connectivity index (χ0n) is 7.88. The summed E-state index contributed by atoms with van der Waals surface area (Å²) in [6, 6.07) is 4.72. The molecular weight excluding hydrogens is 169 g/mol. The number of halogens is 1. The highest BCUT2D eigenvalue weighted by Crippen LogP contribution is 2.13. The van der Waals surface area contributed by atoms with Crippen LogP contribution in [0.5, 0.6) is 0 Å². The Bertz CT molecular complexity index is 286. The van der Waals surface area contributed by atoms with Crippen LogP contribution in [0.25, 0.3) is 0 Å². The van der Waals surface area contributed by atoms with Crippen molar-refractivity contribution in [2.24, 2.45) is 0 Å². The van der Waals surface area contributed by atoms with Gasteiger partial charge in [-0.25, -0.2) is 4.39 Å². The first kappa shape index (κ1) is 9.99. The van der Waals surface area contributed by atoms with E-state index in [0.717, 1.165) is 5.56 Å². The van der Waals surface area contributed by atoms with Gasteiger partial charge in [-0.2, -0.15) is 0 Å². The third-order valence-corrected chi connectivity index (χ3v) is 1.65. The fourth-order valence-corrected chi connectivity index (χ4v) is 0.923. The van der Waals surface area contributed by atoms with Crippen molar-refractivity contribution in [1.29, 1.82) is 0 Å². The number of hydrogen-bond acceptors (Lipinski definition) is 2. The SMILES string of the molecule is CC(C)OCc1ccc(N)c(F)c1. The third kappa shape index (κ3) is 3.03. The first-order chi connectivity index (χ1) is 6.09. The van der Waals surface area contributed by atoms with Gasteiger partial charge in [-0.3, -0.25) is 0 Å². The van der Waals surface area contributed by atoms with Crippen LogP contribution < -0.4 is 5.73 Å². The summed E-state index contributed by atoms with van der Waals surface area (Å²) >= 11 is 0. The summed E-state index contributed by atoms with van der Waals surface area (Å²) in [5.41, 5.74) is 6.31. The Morgan fingerprint density at radius 1 is 1.46 bits per heavy atom. The predicted molar refractivity (Wildman–Crippen MR) is 50.7 cm³/mol. The van der Waals surface area contributed by atoms with E-state index < -0.39 is 0 Å². The van der Waals surface area contributed by atoms with E-state index in [2.05, 4.69) is 0 Å². The molecule has 0 radical (unpaired) electrons. The van der Waals surface area contributed by atoms with Gasteiger partial charge in [0.05, 0.1) is 18.4 Å². The summed E-state index contributed by atoms with van der Waals surface area (Å²) < 4.78 is 18.2. The molecule has 0 aliphatic carbocycles. The Morgan fingerprint density at radius 3 is 2.69 bits per heavy atom. The van der Waals surface area contributed by atoms with Crippen LogP contribution in [-0.4, -0.2) is 6.10 Å². The molecule has 0 aromatic heterocycles. The van der Waals surface area contributed by atoms with E-state index in [1.807, 2.05) is 13.8 Å². The standard InChI is InChI=1S/C10H14FNO/c1-7(2)13-6-8-3-4-10(12)9(11)5-8/h3-5,7H,6,12H2,1-2H3. The molecule has 0 fully saturated rings. The maximum absolute atomic E-state index is 12.9. The van der Waals surface area contributed by atoms with E-state index in [-0.39, 0.29) is 17.6 Å². The molecule has 2 N–H and O–H groups in total. The molecule has 0 amide bonds. The molecule has 0 aliphatic rings. The second-order valence-corrected chi connectivity index (χ2v) is 3.22. The first-order valence-corrected chi connectivity index (χ1v) is 4.25. The van der Waals surface area contributed by atoms with Gasteiger partial charge in [0, 0.05) is 0 Å². The summed E-state index contributed by atoms with van der Waals surface area (Å²) in [5.74, 6) is -0.384. The van der Waals surface area contributed by atoms with Crippen LogP contribution in [0.4, 0.5) is 10.1 Å². The lowest BCUT2D eigenvalue weighted by Gasteiger charge is -2.07. The minimum absolute atomic E-state index is 0.153. The van der Waals surface area contributed by atoms with Gasteiger partial charge in [0.25, 0.3) is 0 Å². The van der Waals surface area contributed by atoms with Gasteiger partial charge >= 0.3 is 0 Å². The molecule has 72 valence electrons. The lowest BCUT2D eigenvalue weighted by molar-refractivity contribution is 0.0656. The molecule has 3 heteroatoms. The highest BCUT2D eigenvalue weighted by Gasteiger charge is 2.00. The number of hydrogen-bond donors (Lipinski definition) is 1. The minimum Gasteiger partial charge on any atom is -0.396 e. The lowest BCUT2D eigenvalue weighted by atomic mass is 10.2. The number of benzene rings is 1. The second kappa shape index (κ2) is 4.23. The topological polar surface area (TPSA) is 35.2 Å². The quantitative estimate of drug-likeness (QED) is 0.730. The third-order valence-electron chi connectivity index (χ3n) is 1.65. The van der Waals surface area contributed by atoms with Crippen molar-refractivity contribution < 1.29 is 9.13 Å². The maximum atomic E-state index is 12.9. The van der Waals surface area contributed by atoms with Gasteiger partial charge in [0.15, 0.2) is 0 Å². The zero-order chi connectivity index (χ0) is 9.84. The van der Waals surface area contributed by atoms with Crippen molar-refractivity contribution in [2.45, 2.75) is 26.6 Å². The Morgan fingerprint density at radius 2 is 2.15 bits per heavy atom. The summed E-state index contributed by atoms with van der Waals surface area (Å²) in [4.78, 5) is 0. The molecule has 0 aliphatic heterocycles. The molecule has 0 spiro atoms. The molecule has 1 aromatic carbocycles. The van der Waals surface area contributed by atoms with Gasteiger partial charge in [-0.15, -0.1) is 0 Å². The van der Waals surface area contributed by atoms with Crippen molar-refractivity contribution in [3.05, 3.63) is 29.6 Å². The van der Waals surface area contributed by atoms with Crippen LogP contribution in [-0.2, 0) is 11.3 Å². The van der Waals surface area contributed by atoms with Crippen LogP contribution in [0.2, 0.25) is 0 Å². The van der Waals surface area contributed by atoms with Gasteiger partial charge in [-0.1, -0.05) is 6.07 Å². The largest absolute Gasteiger partial charge is 0.396 e. The summed E-state index contributed by atoms with van der Waals surface area (Å²) in [5, 5.41) is 0. The van der Waals surface area contributed by atoms with E-state index >= 15 is 0 Å². The van der Waals surface area contributed by atoms with Crippen molar-refractivity contribution in [3.63, 3.8) is 0 Å². The lowest BCUT2D eigenvalue weighted by Crippen LogP contribution is -2.02. The fraction of sp³-hybridized carbons (Fsp3) is 0.400. The van der Waals surface area contributed by atoms with E-state index in [9.17, 15) is 4.39 Å². The highest BCUT2D eigenvalue weighted by atomic mass is 19.1. The van der Waals surface area contributed by atoms with Gasteiger partial charge in [0.2, 0.25) is 0 Å². The molecule has 1 rings (SSSR count). The van der Waals surface area contributed by atoms with Crippen LogP contribution in [0.1, 0.15) is 19.4 Å². The van der Waals surface area contributed by atoms with E-state index in [1.165, 1.54) is 6.07 Å². The minimum atomic E-state index is -0.384. The van der Waals surface area contributed by atoms with Crippen LogP contribution in [0.15, 0.2) is 18.2 Å². The second-order valence-electron chi connectivity index (χ2n) is 3.22. The highest BCUT2D eigenvalue weighted by molar-refractivity contribution is 5.41. The van der Waals surface area contributed by atoms with Gasteiger partial charge < -0.3 is 10.5 Å². The average Bonchev–Trinajstić information content (AvgIpc) is 2.07. The molecule has 13 heavy (non-hydrogen) atoms. The number of ether oxygens (including phenoxy) is 1. The molecule has 0 bridgehead atoms. The number of rotatable bonds is 3. The Kier molecular flexibility index (Phi) is 3.25. The molecule has 0 atom stereocenters. The van der Waals surface area contributed by atoms with Gasteiger partial charge in [-0.05, 0) is 31.5 Å². The van der Waals surface area contributed by atoms with Crippen LogP contribution >= 0.6 is 0 Å². The number of anilines is 1. The van der Waals surface area contributed by atoms with Crippen LogP contribution in [0.3, 0.4) is 0 Å². The summed E-state index contributed by atoms with van der Waals surface area (Å²) in [7, 11) is 0. The fourth-order valence-electron chi connectivity index (χ4n) is 0.923. The zero-order valence-corrected chi connectivity index (χ0v) is 7.88. The van der Waals surface area contributed by atoms with Crippen molar-refractivity contribution >= 4 is 5.69 Å². The van der Waals surface area contributed by atoms with Crippen molar-refractivity contribution in [1.82, 2.24) is 0 Å². The molecule has 0 heterocycles. The Hall–Kier alpha value is -1.09.